The van der Waals surface area contributed by atoms with E-state index < -0.39 is 0 Å². The highest BCUT2D eigenvalue weighted by Crippen LogP contribution is 2.25. The van der Waals surface area contributed by atoms with Crippen LogP contribution in [0.15, 0.2) is 30.3 Å². The van der Waals surface area contributed by atoms with Gasteiger partial charge in [-0.15, -0.1) is 0 Å². The number of carbonyl (C=O) groups excluding carboxylic acids is 2. The van der Waals surface area contributed by atoms with Crippen molar-refractivity contribution in [1.29, 1.82) is 0 Å². The average molecular weight is 274 g/mol. The lowest BCUT2D eigenvalue weighted by Gasteiger charge is -2.40. The summed E-state index contributed by atoms with van der Waals surface area (Å²) in [5, 5.41) is 2.88. The molecule has 2 aliphatic heterocycles. The second kappa shape index (κ2) is 5.53. The minimum atomic E-state index is -0.321. The number of piperidine rings is 2. The molecule has 0 saturated carbocycles. The molecule has 0 aromatic heterocycles. The summed E-state index contributed by atoms with van der Waals surface area (Å²) < 4.78 is 5.32. The second-order valence-electron chi connectivity index (χ2n) is 5.49. The summed E-state index contributed by atoms with van der Waals surface area (Å²) >= 11 is 0. The summed E-state index contributed by atoms with van der Waals surface area (Å²) in [6.45, 7) is 2.08. The van der Waals surface area contributed by atoms with Crippen LogP contribution < -0.4 is 5.32 Å². The van der Waals surface area contributed by atoms with Gasteiger partial charge in [-0.05, 0) is 17.9 Å². The number of nitrogens with one attached hydrogen (secondary N) is 1. The molecular formula is C15H18N2O3. The van der Waals surface area contributed by atoms with Crippen molar-refractivity contribution in [3.8, 4) is 0 Å². The van der Waals surface area contributed by atoms with Crippen molar-refractivity contribution in [2.24, 2.45) is 11.8 Å². The number of benzene rings is 1. The van der Waals surface area contributed by atoms with Crippen LogP contribution in [0.1, 0.15) is 12.0 Å². The Labute approximate surface area is 117 Å². The number of ether oxygens (including phenoxy) is 1. The number of likely N-dealkylation sites (tertiary alicyclic amines) is 1. The molecular weight excluding hydrogens is 256 g/mol. The monoisotopic (exact) mass is 274 g/mol. The van der Waals surface area contributed by atoms with Crippen molar-refractivity contribution >= 4 is 12.0 Å². The third-order valence-electron chi connectivity index (χ3n) is 3.94. The zero-order chi connectivity index (χ0) is 13.9. The van der Waals surface area contributed by atoms with E-state index in [2.05, 4.69) is 5.32 Å². The van der Waals surface area contributed by atoms with Gasteiger partial charge in [0.2, 0.25) is 5.91 Å². The van der Waals surface area contributed by atoms with Crippen LogP contribution in [-0.4, -0.2) is 36.5 Å². The first-order valence-electron chi connectivity index (χ1n) is 6.95. The highest BCUT2D eigenvalue weighted by molar-refractivity contribution is 5.81. The van der Waals surface area contributed by atoms with Crippen LogP contribution in [-0.2, 0) is 16.1 Å². The zero-order valence-electron chi connectivity index (χ0n) is 11.2. The van der Waals surface area contributed by atoms with Gasteiger partial charge in [0.1, 0.15) is 6.61 Å². The molecule has 1 aromatic rings. The van der Waals surface area contributed by atoms with Gasteiger partial charge in [0.05, 0.1) is 5.92 Å². The number of fused-ring (bicyclic) bond motifs is 2. The molecule has 2 fully saturated rings. The minimum Gasteiger partial charge on any atom is -0.445 e. The molecule has 2 heterocycles. The van der Waals surface area contributed by atoms with Crippen LogP contribution >= 0.6 is 0 Å². The topological polar surface area (TPSA) is 58.6 Å². The number of hydrogen-bond donors (Lipinski definition) is 1. The van der Waals surface area contributed by atoms with Crippen LogP contribution in [0, 0.1) is 11.8 Å². The van der Waals surface area contributed by atoms with Crippen LogP contribution in [0.25, 0.3) is 0 Å². The van der Waals surface area contributed by atoms with Crippen LogP contribution in [0.2, 0.25) is 0 Å². The molecule has 5 heteroatoms. The summed E-state index contributed by atoms with van der Waals surface area (Å²) in [5.74, 6) is 0.337. The molecule has 106 valence electrons. The number of rotatable bonds is 2. The normalized spacial score (nSPS) is 25.0. The van der Waals surface area contributed by atoms with Crippen molar-refractivity contribution in [2.45, 2.75) is 13.0 Å². The van der Waals surface area contributed by atoms with Crippen molar-refractivity contribution in [2.75, 3.05) is 19.6 Å². The molecule has 2 amide bonds. The van der Waals surface area contributed by atoms with E-state index in [1.54, 1.807) is 4.90 Å². The molecule has 5 nitrogen and oxygen atoms in total. The Bertz CT molecular complexity index is 503. The van der Waals surface area contributed by atoms with E-state index in [0.717, 1.165) is 12.0 Å². The molecule has 2 atom stereocenters. The number of hydrogen-bond acceptors (Lipinski definition) is 3. The van der Waals surface area contributed by atoms with Crippen molar-refractivity contribution in [3.05, 3.63) is 35.9 Å². The maximum Gasteiger partial charge on any atom is 0.410 e. The summed E-state index contributed by atoms with van der Waals surface area (Å²) in [6, 6.07) is 9.60. The van der Waals surface area contributed by atoms with Crippen LogP contribution in [0.3, 0.4) is 0 Å². The number of amides is 2. The fourth-order valence-corrected chi connectivity index (χ4v) is 2.89. The highest BCUT2D eigenvalue weighted by atomic mass is 16.6. The third-order valence-corrected chi connectivity index (χ3v) is 3.94. The largest absolute Gasteiger partial charge is 0.445 e. The lowest BCUT2D eigenvalue weighted by Crippen LogP contribution is -2.55. The zero-order valence-corrected chi connectivity index (χ0v) is 11.2. The average Bonchev–Trinajstić information content (AvgIpc) is 2.50. The van der Waals surface area contributed by atoms with Gasteiger partial charge >= 0.3 is 6.09 Å². The van der Waals surface area contributed by atoms with Crippen molar-refractivity contribution in [3.63, 3.8) is 0 Å². The molecule has 20 heavy (non-hydrogen) atoms. The maximum atomic E-state index is 12.1. The van der Waals surface area contributed by atoms with E-state index in [-0.39, 0.29) is 24.5 Å². The summed E-state index contributed by atoms with van der Waals surface area (Å²) in [6.07, 6.45) is 0.562. The summed E-state index contributed by atoms with van der Waals surface area (Å²) in [7, 11) is 0. The van der Waals surface area contributed by atoms with Crippen LogP contribution in [0.5, 0.6) is 0 Å². The fraction of sp³-hybridized carbons (Fsp3) is 0.467. The van der Waals surface area contributed by atoms with Gasteiger partial charge in [0, 0.05) is 19.6 Å². The van der Waals surface area contributed by atoms with Crippen LogP contribution in [0.4, 0.5) is 4.79 Å². The van der Waals surface area contributed by atoms with E-state index >= 15 is 0 Å². The molecule has 2 aliphatic rings. The fourth-order valence-electron chi connectivity index (χ4n) is 2.89. The van der Waals surface area contributed by atoms with E-state index in [9.17, 15) is 9.59 Å². The quantitative estimate of drug-likeness (QED) is 0.886. The predicted octanol–water partition coefficient (Wildman–Crippen LogP) is 1.39. The molecule has 1 N–H and O–H groups in total. The Morgan fingerprint density at radius 2 is 2.10 bits per heavy atom. The summed E-state index contributed by atoms with van der Waals surface area (Å²) in [4.78, 5) is 25.4. The lowest BCUT2D eigenvalue weighted by molar-refractivity contribution is -0.130. The smallest absolute Gasteiger partial charge is 0.410 e. The first kappa shape index (κ1) is 13.0. The van der Waals surface area contributed by atoms with E-state index in [1.807, 2.05) is 30.3 Å². The van der Waals surface area contributed by atoms with E-state index in [1.165, 1.54) is 0 Å². The molecule has 3 rings (SSSR count). The molecule has 0 unspecified atom stereocenters. The Morgan fingerprint density at radius 1 is 1.30 bits per heavy atom. The predicted molar refractivity (Wildman–Crippen MR) is 72.8 cm³/mol. The SMILES string of the molecule is O=C1NC[C@H]2C[C@@H]1CN(C(=O)OCc1ccccc1)C2. The molecule has 0 radical (unpaired) electrons. The minimum absolute atomic E-state index is 0.0572. The van der Waals surface area contributed by atoms with Gasteiger partial charge in [-0.25, -0.2) is 4.79 Å². The Hall–Kier alpha value is -2.04. The first-order valence-corrected chi connectivity index (χ1v) is 6.95. The van der Waals surface area contributed by atoms with Gasteiger partial charge in [-0.2, -0.15) is 0 Å². The highest BCUT2D eigenvalue weighted by Gasteiger charge is 2.37. The van der Waals surface area contributed by atoms with Gasteiger partial charge in [0.25, 0.3) is 0 Å². The second-order valence-corrected chi connectivity index (χ2v) is 5.49. The molecule has 0 spiro atoms. The molecule has 2 saturated heterocycles. The van der Waals surface area contributed by atoms with Crippen molar-refractivity contribution in [1.82, 2.24) is 10.2 Å². The Balaban J connectivity index is 1.56. The standard InChI is InChI=1S/C15H18N2O3/c18-14-13-6-12(7-16-14)8-17(9-13)15(19)20-10-11-4-2-1-3-5-11/h1-5,12-13H,6-10H2,(H,16,18)/t12-,13-/m1/s1. The first-order chi connectivity index (χ1) is 9.72. The Kier molecular flexibility index (Phi) is 3.58. The Morgan fingerprint density at radius 3 is 2.90 bits per heavy atom. The van der Waals surface area contributed by atoms with Gasteiger partial charge < -0.3 is 15.0 Å². The number of nitrogens with zero attached hydrogens (tertiary/aromatic N) is 1. The van der Waals surface area contributed by atoms with E-state index in [4.69, 9.17) is 4.74 Å². The number of carbonyl (C=O) groups is 2. The lowest BCUT2D eigenvalue weighted by atomic mass is 9.85. The molecule has 1 aromatic carbocycles. The molecule has 0 aliphatic carbocycles. The summed E-state index contributed by atoms with van der Waals surface area (Å²) in [5.41, 5.74) is 0.968. The van der Waals surface area contributed by atoms with Gasteiger partial charge in [-0.1, -0.05) is 30.3 Å². The molecule has 2 bridgehead atoms. The van der Waals surface area contributed by atoms with E-state index in [0.29, 0.717) is 25.6 Å². The van der Waals surface area contributed by atoms with Gasteiger partial charge in [0.15, 0.2) is 0 Å². The van der Waals surface area contributed by atoms with Crippen molar-refractivity contribution < 1.29 is 14.3 Å². The third kappa shape index (κ3) is 2.76. The maximum absolute atomic E-state index is 12.1. The van der Waals surface area contributed by atoms with Gasteiger partial charge in [-0.3, -0.25) is 4.79 Å².